The molecule has 1 unspecified atom stereocenters. The van der Waals surface area contributed by atoms with Crippen LogP contribution in [0.4, 0.5) is 5.95 Å². The van der Waals surface area contributed by atoms with Gasteiger partial charge in [0.15, 0.2) is 0 Å². The van der Waals surface area contributed by atoms with Gasteiger partial charge in [-0.05, 0) is 66.9 Å². The van der Waals surface area contributed by atoms with E-state index in [1.54, 1.807) is 0 Å². The normalized spacial score (nSPS) is 25.8. The lowest BCUT2D eigenvalue weighted by molar-refractivity contribution is 0.121. The van der Waals surface area contributed by atoms with Gasteiger partial charge in [0, 0.05) is 22.1 Å². The lowest BCUT2D eigenvalue weighted by Crippen LogP contribution is -2.20. The van der Waals surface area contributed by atoms with Crippen molar-refractivity contribution in [1.82, 2.24) is 14.6 Å². The van der Waals surface area contributed by atoms with Crippen LogP contribution >= 0.6 is 15.9 Å². The summed E-state index contributed by atoms with van der Waals surface area (Å²) in [6.07, 6.45) is 9.49. The van der Waals surface area contributed by atoms with Gasteiger partial charge >= 0.3 is 0 Å². The number of aromatic nitrogens is 3. The molecule has 0 spiro atoms. The number of aliphatic hydroxyl groups is 1. The molecule has 0 aliphatic heterocycles. The maximum Gasteiger partial charge on any atom is 0.241 e. The predicted octanol–water partition coefficient (Wildman–Crippen LogP) is 4.11. The number of nitrogens with one attached hydrogen (secondary N) is 1. The lowest BCUT2D eigenvalue weighted by Gasteiger charge is -2.25. The zero-order valence-corrected chi connectivity index (χ0v) is 15.7. The average molecular weight is 393 g/mol. The van der Waals surface area contributed by atoms with Crippen molar-refractivity contribution in [3.63, 3.8) is 0 Å². The average Bonchev–Trinajstić information content (AvgIpc) is 3.31. The molecule has 1 atom stereocenters. The second-order valence-electron chi connectivity index (χ2n) is 7.53. The summed E-state index contributed by atoms with van der Waals surface area (Å²) in [7, 11) is 0. The molecule has 6 heteroatoms. The van der Waals surface area contributed by atoms with Gasteiger partial charge < -0.3 is 10.4 Å². The molecule has 2 aromatic heterocycles. The largest absolute Gasteiger partial charge is 0.393 e. The van der Waals surface area contributed by atoms with Crippen LogP contribution in [0.15, 0.2) is 16.7 Å². The van der Waals surface area contributed by atoms with Gasteiger partial charge in [-0.3, -0.25) is 0 Å². The van der Waals surface area contributed by atoms with Gasteiger partial charge in [-0.2, -0.15) is 0 Å². The summed E-state index contributed by atoms with van der Waals surface area (Å²) in [6, 6.07) is 2.58. The number of fused-ring (bicyclic) bond motifs is 1. The van der Waals surface area contributed by atoms with Crippen LogP contribution in [0.3, 0.4) is 0 Å². The van der Waals surface area contributed by atoms with Crippen molar-refractivity contribution in [2.75, 3.05) is 5.32 Å². The van der Waals surface area contributed by atoms with Crippen LogP contribution in [0.2, 0.25) is 0 Å². The van der Waals surface area contributed by atoms with Crippen molar-refractivity contribution in [3.8, 4) is 0 Å². The first kappa shape index (κ1) is 16.3. The monoisotopic (exact) mass is 392 g/mol. The van der Waals surface area contributed by atoms with Crippen LogP contribution in [0.5, 0.6) is 0 Å². The molecule has 0 aromatic carbocycles. The van der Waals surface area contributed by atoms with E-state index in [2.05, 4.69) is 39.2 Å². The first-order valence-electron chi connectivity index (χ1n) is 9.09. The highest BCUT2D eigenvalue weighted by Gasteiger charge is 2.26. The molecule has 130 valence electrons. The number of nitrogens with zero attached hydrogens (tertiary/aromatic N) is 3. The van der Waals surface area contributed by atoms with E-state index < -0.39 is 0 Å². The van der Waals surface area contributed by atoms with Gasteiger partial charge in [-0.25, -0.2) is 9.50 Å². The lowest BCUT2D eigenvalue weighted by atomic mass is 9.85. The minimum absolute atomic E-state index is 0.133. The molecule has 0 amide bonds. The first-order chi connectivity index (χ1) is 11.6. The maximum absolute atomic E-state index is 9.76. The van der Waals surface area contributed by atoms with Crippen molar-refractivity contribution in [1.29, 1.82) is 0 Å². The van der Waals surface area contributed by atoms with Gasteiger partial charge in [0.1, 0.15) is 0 Å². The van der Waals surface area contributed by atoms with Crippen LogP contribution in [0.1, 0.15) is 63.5 Å². The Hall–Kier alpha value is -1.14. The number of halogens is 1. The summed E-state index contributed by atoms with van der Waals surface area (Å²) in [4.78, 5) is 4.49. The third-order valence-electron chi connectivity index (χ3n) is 5.37. The summed E-state index contributed by atoms with van der Waals surface area (Å²) in [6.45, 7) is 2.21. The highest BCUT2D eigenvalue weighted by Crippen LogP contribution is 2.36. The summed E-state index contributed by atoms with van der Waals surface area (Å²) in [5.41, 5.74) is 2.24. The fraction of sp³-hybridized carbons (Fsp3) is 0.667. The predicted molar refractivity (Wildman–Crippen MR) is 98.3 cm³/mol. The molecular weight excluding hydrogens is 368 g/mol. The van der Waals surface area contributed by atoms with Crippen LogP contribution in [-0.2, 0) is 0 Å². The van der Waals surface area contributed by atoms with Crippen LogP contribution < -0.4 is 5.32 Å². The van der Waals surface area contributed by atoms with E-state index in [1.165, 1.54) is 25.0 Å². The molecule has 2 aromatic rings. The van der Waals surface area contributed by atoms with E-state index in [0.717, 1.165) is 41.6 Å². The Kier molecular flexibility index (Phi) is 4.52. The second kappa shape index (κ2) is 6.64. The highest BCUT2D eigenvalue weighted by atomic mass is 79.9. The minimum atomic E-state index is -0.133. The molecule has 0 saturated heterocycles. The molecule has 4 rings (SSSR count). The molecule has 0 bridgehead atoms. The third-order valence-corrected chi connectivity index (χ3v) is 6.01. The molecular formula is C18H25BrN4O. The van der Waals surface area contributed by atoms with Gasteiger partial charge in [0.05, 0.1) is 17.8 Å². The van der Waals surface area contributed by atoms with Crippen molar-refractivity contribution in [2.45, 2.75) is 69.9 Å². The molecule has 0 radical (unpaired) electrons. The second-order valence-corrected chi connectivity index (χ2v) is 8.38. The quantitative estimate of drug-likeness (QED) is 0.803. The smallest absolute Gasteiger partial charge is 0.241 e. The Morgan fingerprint density at radius 2 is 2.04 bits per heavy atom. The molecule has 2 N–H and O–H groups in total. The van der Waals surface area contributed by atoms with E-state index in [4.69, 9.17) is 5.10 Å². The van der Waals surface area contributed by atoms with Crippen molar-refractivity contribution in [3.05, 3.63) is 22.4 Å². The SMILES string of the molecule is CC(CC1CC1)Nc1ncc2c(Br)cc(C3CCC(O)CC3)n2n1. The number of rotatable bonds is 5. The zero-order valence-electron chi connectivity index (χ0n) is 14.1. The Morgan fingerprint density at radius 1 is 1.29 bits per heavy atom. The van der Waals surface area contributed by atoms with E-state index in [1.807, 2.05) is 10.7 Å². The fourth-order valence-electron chi connectivity index (χ4n) is 3.84. The Balaban J connectivity index is 1.58. The molecule has 2 aliphatic rings. The Bertz CT molecular complexity index is 719. The minimum Gasteiger partial charge on any atom is -0.393 e. The van der Waals surface area contributed by atoms with Crippen LogP contribution in [-0.4, -0.2) is 31.9 Å². The van der Waals surface area contributed by atoms with E-state index in [0.29, 0.717) is 17.9 Å². The highest BCUT2D eigenvalue weighted by molar-refractivity contribution is 9.10. The first-order valence-corrected chi connectivity index (χ1v) is 9.88. The van der Waals surface area contributed by atoms with Crippen molar-refractivity contribution >= 4 is 27.4 Å². The van der Waals surface area contributed by atoms with E-state index >= 15 is 0 Å². The van der Waals surface area contributed by atoms with Crippen molar-refractivity contribution in [2.24, 2.45) is 5.92 Å². The summed E-state index contributed by atoms with van der Waals surface area (Å²) < 4.78 is 3.08. The molecule has 2 aliphatic carbocycles. The molecule has 2 saturated carbocycles. The van der Waals surface area contributed by atoms with Gasteiger partial charge in [0.25, 0.3) is 0 Å². The number of anilines is 1. The number of aliphatic hydroxyl groups excluding tert-OH is 1. The topological polar surface area (TPSA) is 62.5 Å². The van der Waals surface area contributed by atoms with Crippen molar-refractivity contribution < 1.29 is 5.11 Å². The number of hydrogen-bond acceptors (Lipinski definition) is 4. The van der Waals surface area contributed by atoms with Gasteiger partial charge in [0.2, 0.25) is 5.95 Å². The molecule has 5 nitrogen and oxygen atoms in total. The summed E-state index contributed by atoms with van der Waals surface area (Å²) >= 11 is 3.64. The summed E-state index contributed by atoms with van der Waals surface area (Å²) in [5, 5.41) is 18.0. The van der Waals surface area contributed by atoms with Gasteiger partial charge in [-0.1, -0.05) is 12.8 Å². The van der Waals surface area contributed by atoms with Crippen LogP contribution in [0.25, 0.3) is 5.52 Å². The number of hydrogen-bond donors (Lipinski definition) is 2. The maximum atomic E-state index is 9.76. The molecule has 2 fully saturated rings. The fourth-order valence-corrected chi connectivity index (χ4v) is 4.34. The Labute approximate surface area is 151 Å². The van der Waals surface area contributed by atoms with E-state index in [9.17, 15) is 5.11 Å². The van der Waals surface area contributed by atoms with Crippen LogP contribution in [0, 0.1) is 5.92 Å². The Morgan fingerprint density at radius 3 is 2.75 bits per heavy atom. The molecule has 2 heterocycles. The molecule has 24 heavy (non-hydrogen) atoms. The van der Waals surface area contributed by atoms with Gasteiger partial charge in [-0.15, -0.1) is 5.10 Å². The third kappa shape index (κ3) is 3.45. The standard InChI is InChI=1S/C18H25BrN4O/c1-11(8-12-2-3-12)21-18-20-10-17-15(19)9-16(23(17)22-18)13-4-6-14(24)7-5-13/h9-14,24H,2-8H2,1H3,(H,21,22). The zero-order chi connectivity index (χ0) is 16.7. The van der Waals surface area contributed by atoms with E-state index in [-0.39, 0.29) is 6.10 Å². The summed E-state index contributed by atoms with van der Waals surface area (Å²) in [5.74, 6) is 2.05.